The van der Waals surface area contributed by atoms with Gasteiger partial charge in [-0.3, -0.25) is 4.79 Å². The molecule has 0 saturated carbocycles. The van der Waals surface area contributed by atoms with Crippen molar-refractivity contribution >= 4 is 5.97 Å². The highest BCUT2D eigenvalue weighted by atomic mass is 16.4. The molecule has 0 saturated heterocycles. The van der Waals surface area contributed by atoms with Gasteiger partial charge in [0.2, 0.25) is 0 Å². The van der Waals surface area contributed by atoms with Crippen molar-refractivity contribution in [1.29, 1.82) is 0 Å². The Hall–Kier alpha value is -1.35. The lowest BCUT2D eigenvalue weighted by Crippen LogP contribution is -2.18. The minimum Gasteiger partial charge on any atom is -0.481 e. The van der Waals surface area contributed by atoms with Crippen molar-refractivity contribution in [3.05, 3.63) is 35.4 Å². The van der Waals surface area contributed by atoms with Gasteiger partial charge in [0.1, 0.15) is 0 Å². The molecular weight excluding hydrogens is 240 g/mol. The SMILES string of the molecule is Cc1cccc(C(CCCC(C)(C)CO)C(=O)O)c1. The van der Waals surface area contributed by atoms with Crippen molar-refractivity contribution < 1.29 is 15.0 Å². The maximum absolute atomic E-state index is 11.4. The minimum atomic E-state index is -0.771. The third-order valence-electron chi connectivity index (χ3n) is 3.52. The van der Waals surface area contributed by atoms with E-state index in [0.717, 1.165) is 24.0 Å². The molecule has 1 rings (SSSR count). The molecule has 3 heteroatoms. The van der Waals surface area contributed by atoms with Gasteiger partial charge in [0.15, 0.2) is 0 Å². The topological polar surface area (TPSA) is 57.5 Å². The number of benzene rings is 1. The Morgan fingerprint density at radius 3 is 2.58 bits per heavy atom. The van der Waals surface area contributed by atoms with Gasteiger partial charge in [0, 0.05) is 6.61 Å². The maximum Gasteiger partial charge on any atom is 0.310 e. The summed E-state index contributed by atoms with van der Waals surface area (Å²) in [5.41, 5.74) is 1.82. The van der Waals surface area contributed by atoms with Crippen LogP contribution in [0.4, 0.5) is 0 Å². The third kappa shape index (κ3) is 5.03. The summed E-state index contributed by atoms with van der Waals surface area (Å²) in [5.74, 6) is -1.22. The number of carboxylic acid groups (broad SMARTS) is 1. The van der Waals surface area contributed by atoms with Crippen LogP contribution in [0.1, 0.15) is 50.2 Å². The molecule has 0 bridgehead atoms. The first-order valence-corrected chi connectivity index (χ1v) is 6.76. The summed E-state index contributed by atoms with van der Waals surface area (Å²) in [4.78, 5) is 11.4. The van der Waals surface area contributed by atoms with Crippen LogP contribution in [0.3, 0.4) is 0 Å². The Kier molecular flexibility index (Phi) is 5.55. The maximum atomic E-state index is 11.4. The van der Waals surface area contributed by atoms with E-state index in [0.29, 0.717) is 6.42 Å². The van der Waals surface area contributed by atoms with E-state index < -0.39 is 11.9 Å². The number of hydrogen-bond donors (Lipinski definition) is 2. The zero-order valence-electron chi connectivity index (χ0n) is 12.0. The van der Waals surface area contributed by atoms with E-state index in [9.17, 15) is 15.0 Å². The molecule has 0 amide bonds. The molecule has 0 aromatic heterocycles. The summed E-state index contributed by atoms with van der Waals surface area (Å²) >= 11 is 0. The number of aliphatic hydroxyl groups is 1. The second kappa shape index (κ2) is 6.71. The van der Waals surface area contributed by atoms with Gasteiger partial charge in [-0.1, -0.05) is 50.1 Å². The van der Waals surface area contributed by atoms with Crippen LogP contribution in [-0.2, 0) is 4.79 Å². The summed E-state index contributed by atoms with van der Waals surface area (Å²) < 4.78 is 0. The van der Waals surface area contributed by atoms with E-state index in [2.05, 4.69) is 0 Å². The van der Waals surface area contributed by atoms with E-state index in [4.69, 9.17) is 0 Å². The fraction of sp³-hybridized carbons (Fsp3) is 0.562. The first kappa shape index (κ1) is 15.7. The highest BCUT2D eigenvalue weighted by Crippen LogP contribution is 2.28. The van der Waals surface area contributed by atoms with Crippen LogP contribution in [-0.4, -0.2) is 22.8 Å². The molecule has 0 fully saturated rings. The number of rotatable bonds is 7. The Morgan fingerprint density at radius 1 is 1.37 bits per heavy atom. The lowest BCUT2D eigenvalue weighted by atomic mass is 9.85. The number of carboxylic acids is 1. The van der Waals surface area contributed by atoms with Crippen LogP contribution < -0.4 is 0 Å². The monoisotopic (exact) mass is 264 g/mol. The fourth-order valence-corrected chi connectivity index (χ4v) is 2.18. The Morgan fingerprint density at radius 2 is 2.05 bits per heavy atom. The van der Waals surface area contributed by atoms with Crippen molar-refractivity contribution in [1.82, 2.24) is 0 Å². The highest BCUT2D eigenvalue weighted by Gasteiger charge is 2.22. The molecule has 1 unspecified atom stereocenters. The Labute approximate surface area is 115 Å². The van der Waals surface area contributed by atoms with E-state index in [1.165, 1.54) is 0 Å². The molecule has 1 aromatic carbocycles. The predicted molar refractivity (Wildman–Crippen MR) is 76.3 cm³/mol. The number of carbonyl (C=O) groups is 1. The van der Waals surface area contributed by atoms with Gasteiger partial charge in [-0.25, -0.2) is 0 Å². The number of hydrogen-bond acceptors (Lipinski definition) is 2. The largest absolute Gasteiger partial charge is 0.481 e. The molecule has 3 nitrogen and oxygen atoms in total. The quantitative estimate of drug-likeness (QED) is 0.794. The Bertz CT molecular complexity index is 424. The highest BCUT2D eigenvalue weighted by molar-refractivity contribution is 5.76. The van der Waals surface area contributed by atoms with Gasteiger partial charge >= 0.3 is 5.97 Å². The van der Waals surface area contributed by atoms with E-state index in [1.54, 1.807) is 0 Å². The molecule has 0 aliphatic rings. The second-order valence-corrected chi connectivity index (χ2v) is 6.02. The summed E-state index contributed by atoms with van der Waals surface area (Å²) in [6, 6.07) is 7.69. The summed E-state index contributed by atoms with van der Waals surface area (Å²) in [5, 5.41) is 18.6. The second-order valence-electron chi connectivity index (χ2n) is 6.02. The molecule has 0 aliphatic heterocycles. The van der Waals surface area contributed by atoms with Crippen LogP contribution in [0.15, 0.2) is 24.3 Å². The summed E-state index contributed by atoms with van der Waals surface area (Å²) in [6.45, 7) is 6.09. The zero-order valence-corrected chi connectivity index (χ0v) is 12.0. The van der Waals surface area contributed by atoms with Crippen molar-refractivity contribution in [2.45, 2.75) is 46.0 Å². The number of aliphatic hydroxyl groups excluding tert-OH is 1. The zero-order chi connectivity index (χ0) is 14.5. The summed E-state index contributed by atoms with van der Waals surface area (Å²) in [7, 11) is 0. The van der Waals surface area contributed by atoms with Crippen LogP contribution in [0.2, 0.25) is 0 Å². The molecule has 0 heterocycles. The van der Waals surface area contributed by atoms with E-state index in [-0.39, 0.29) is 12.0 Å². The van der Waals surface area contributed by atoms with Crippen molar-refractivity contribution in [3.8, 4) is 0 Å². The van der Waals surface area contributed by atoms with Gasteiger partial charge in [-0.05, 0) is 30.7 Å². The molecule has 1 aromatic rings. The minimum absolute atomic E-state index is 0.129. The first-order chi connectivity index (χ1) is 8.85. The molecule has 2 N–H and O–H groups in total. The fourth-order valence-electron chi connectivity index (χ4n) is 2.18. The van der Waals surface area contributed by atoms with Gasteiger partial charge < -0.3 is 10.2 Å². The molecule has 0 radical (unpaired) electrons. The predicted octanol–water partition coefficient (Wildman–Crippen LogP) is 3.35. The lowest BCUT2D eigenvalue weighted by Gasteiger charge is -2.22. The Balaban J connectivity index is 2.67. The molecule has 19 heavy (non-hydrogen) atoms. The standard InChI is InChI=1S/C16H24O3/c1-12-6-4-7-13(10-12)14(15(18)19)8-5-9-16(2,3)11-17/h4,6-7,10,14,17H,5,8-9,11H2,1-3H3,(H,18,19). The molecule has 1 atom stereocenters. The van der Waals surface area contributed by atoms with E-state index >= 15 is 0 Å². The van der Waals surface area contributed by atoms with Crippen molar-refractivity contribution in [3.63, 3.8) is 0 Å². The smallest absolute Gasteiger partial charge is 0.310 e. The summed E-state index contributed by atoms with van der Waals surface area (Å²) in [6.07, 6.45) is 2.25. The van der Waals surface area contributed by atoms with Crippen LogP contribution in [0.5, 0.6) is 0 Å². The van der Waals surface area contributed by atoms with Gasteiger partial charge in [-0.15, -0.1) is 0 Å². The molecule has 0 spiro atoms. The third-order valence-corrected chi connectivity index (χ3v) is 3.52. The molecule has 106 valence electrons. The molecular formula is C16H24O3. The first-order valence-electron chi connectivity index (χ1n) is 6.76. The average molecular weight is 264 g/mol. The van der Waals surface area contributed by atoms with Gasteiger partial charge in [0.25, 0.3) is 0 Å². The normalized spacial score (nSPS) is 13.3. The molecule has 0 aliphatic carbocycles. The van der Waals surface area contributed by atoms with Crippen molar-refractivity contribution in [2.75, 3.05) is 6.61 Å². The van der Waals surface area contributed by atoms with Crippen LogP contribution in [0, 0.1) is 12.3 Å². The lowest BCUT2D eigenvalue weighted by molar-refractivity contribution is -0.139. The average Bonchev–Trinajstić information content (AvgIpc) is 2.34. The van der Waals surface area contributed by atoms with Crippen LogP contribution >= 0.6 is 0 Å². The number of aliphatic carboxylic acids is 1. The van der Waals surface area contributed by atoms with Crippen molar-refractivity contribution in [2.24, 2.45) is 5.41 Å². The van der Waals surface area contributed by atoms with Gasteiger partial charge in [-0.2, -0.15) is 0 Å². The van der Waals surface area contributed by atoms with Gasteiger partial charge in [0.05, 0.1) is 5.92 Å². The van der Waals surface area contributed by atoms with Crippen LogP contribution in [0.25, 0.3) is 0 Å². The number of aryl methyl sites for hydroxylation is 1. The van der Waals surface area contributed by atoms with E-state index in [1.807, 2.05) is 45.0 Å².